The lowest BCUT2D eigenvalue weighted by atomic mass is 9.79. The van der Waals surface area contributed by atoms with Crippen LogP contribution >= 0.6 is 0 Å². The lowest BCUT2D eigenvalue weighted by Crippen LogP contribution is -2.39. The van der Waals surface area contributed by atoms with E-state index in [-0.39, 0.29) is 5.91 Å². The first-order valence-corrected chi connectivity index (χ1v) is 5.92. The zero-order chi connectivity index (χ0) is 10.6. The summed E-state index contributed by atoms with van der Waals surface area (Å²) >= 11 is 0. The van der Waals surface area contributed by atoms with E-state index >= 15 is 0 Å². The van der Waals surface area contributed by atoms with Crippen LogP contribution in [-0.4, -0.2) is 11.9 Å². The summed E-state index contributed by atoms with van der Waals surface area (Å²) in [7, 11) is 0. The molecule has 3 atom stereocenters. The van der Waals surface area contributed by atoms with Crippen molar-refractivity contribution in [2.24, 2.45) is 11.8 Å². The van der Waals surface area contributed by atoms with Crippen LogP contribution in [0, 0.1) is 11.8 Å². The molecule has 0 radical (unpaired) electrons. The van der Waals surface area contributed by atoms with Crippen molar-refractivity contribution < 1.29 is 4.79 Å². The predicted molar refractivity (Wildman–Crippen MR) is 59.0 cm³/mol. The van der Waals surface area contributed by atoms with E-state index < -0.39 is 0 Å². The van der Waals surface area contributed by atoms with Gasteiger partial charge in [-0.2, -0.15) is 0 Å². The Morgan fingerprint density at radius 2 is 2.00 bits per heavy atom. The smallest absolute Gasteiger partial charge is 0.220 e. The van der Waals surface area contributed by atoms with Crippen molar-refractivity contribution in [3.05, 3.63) is 0 Å². The van der Waals surface area contributed by atoms with Crippen molar-refractivity contribution in [3.8, 4) is 0 Å². The van der Waals surface area contributed by atoms with Crippen LogP contribution in [0.5, 0.6) is 0 Å². The molecular formula is C12H23NO. The van der Waals surface area contributed by atoms with Gasteiger partial charge < -0.3 is 5.32 Å². The summed E-state index contributed by atoms with van der Waals surface area (Å²) < 4.78 is 0. The van der Waals surface area contributed by atoms with Crippen molar-refractivity contribution in [1.29, 1.82) is 0 Å². The number of carbonyl (C=O) groups excluding carboxylic acids is 1. The van der Waals surface area contributed by atoms with Gasteiger partial charge in [0.15, 0.2) is 0 Å². The van der Waals surface area contributed by atoms with Gasteiger partial charge in [0.2, 0.25) is 5.91 Å². The van der Waals surface area contributed by atoms with E-state index in [1.807, 2.05) is 6.92 Å². The third kappa shape index (κ3) is 3.32. The molecule has 1 aliphatic rings. The van der Waals surface area contributed by atoms with E-state index in [1.54, 1.807) is 0 Å². The molecular weight excluding hydrogens is 174 g/mol. The Labute approximate surface area is 87.5 Å². The predicted octanol–water partition coefficient (Wildman–Crippen LogP) is 2.73. The number of carbonyl (C=O) groups is 1. The highest BCUT2D eigenvalue weighted by Crippen LogP contribution is 2.29. The molecule has 82 valence electrons. The zero-order valence-electron chi connectivity index (χ0n) is 9.68. The van der Waals surface area contributed by atoms with E-state index in [0.29, 0.717) is 12.5 Å². The molecule has 1 saturated carbocycles. The van der Waals surface area contributed by atoms with Gasteiger partial charge in [0, 0.05) is 12.5 Å². The van der Waals surface area contributed by atoms with Crippen LogP contribution in [0.3, 0.4) is 0 Å². The molecule has 2 heteroatoms. The standard InChI is InChI=1S/C12H23NO/c1-4-5-12(14)13-11-7-6-9(2)10(3)8-11/h9-11H,4-8H2,1-3H3,(H,13,14). The summed E-state index contributed by atoms with van der Waals surface area (Å²) in [5, 5.41) is 3.13. The van der Waals surface area contributed by atoms with E-state index in [0.717, 1.165) is 24.7 Å². The Kier molecular flexibility index (Phi) is 4.43. The second kappa shape index (κ2) is 5.38. The zero-order valence-corrected chi connectivity index (χ0v) is 9.68. The van der Waals surface area contributed by atoms with Gasteiger partial charge in [-0.1, -0.05) is 20.8 Å². The van der Waals surface area contributed by atoms with Gasteiger partial charge in [-0.05, 0) is 37.5 Å². The molecule has 14 heavy (non-hydrogen) atoms. The lowest BCUT2D eigenvalue weighted by molar-refractivity contribution is -0.122. The Morgan fingerprint density at radius 3 is 2.57 bits per heavy atom. The maximum Gasteiger partial charge on any atom is 0.220 e. The monoisotopic (exact) mass is 197 g/mol. The van der Waals surface area contributed by atoms with Gasteiger partial charge in [0.1, 0.15) is 0 Å². The molecule has 1 N–H and O–H groups in total. The highest BCUT2D eigenvalue weighted by molar-refractivity contribution is 5.76. The fourth-order valence-corrected chi connectivity index (χ4v) is 2.21. The highest BCUT2D eigenvalue weighted by atomic mass is 16.1. The number of hydrogen-bond acceptors (Lipinski definition) is 1. The topological polar surface area (TPSA) is 29.1 Å². The van der Waals surface area contributed by atoms with Crippen LogP contribution in [0.15, 0.2) is 0 Å². The molecule has 0 aromatic carbocycles. The van der Waals surface area contributed by atoms with Gasteiger partial charge in [-0.3, -0.25) is 4.79 Å². The molecule has 1 aliphatic carbocycles. The van der Waals surface area contributed by atoms with Crippen LogP contribution in [0.4, 0.5) is 0 Å². The molecule has 0 saturated heterocycles. The number of nitrogens with one attached hydrogen (secondary N) is 1. The van der Waals surface area contributed by atoms with E-state index in [4.69, 9.17) is 0 Å². The highest BCUT2D eigenvalue weighted by Gasteiger charge is 2.25. The van der Waals surface area contributed by atoms with E-state index in [9.17, 15) is 4.79 Å². The minimum absolute atomic E-state index is 0.235. The van der Waals surface area contributed by atoms with Gasteiger partial charge in [-0.15, -0.1) is 0 Å². The lowest BCUT2D eigenvalue weighted by Gasteiger charge is -2.32. The SMILES string of the molecule is CCCC(=O)NC1CCC(C)C(C)C1. The molecule has 0 spiro atoms. The number of hydrogen-bond donors (Lipinski definition) is 1. The van der Waals surface area contributed by atoms with E-state index in [1.165, 1.54) is 12.8 Å². The normalized spacial score (nSPS) is 32.6. The minimum Gasteiger partial charge on any atom is -0.353 e. The molecule has 1 rings (SSSR count). The van der Waals surface area contributed by atoms with Gasteiger partial charge >= 0.3 is 0 Å². The first-order valence-electron chi connectivity index (χ1n) is 5.92. The summed E-state index contributed by atoms with van der Waals surface area (Å²) in [6.07, 6.45) is 5.22. The summed E-state index contributed by atoms with van der Waals surface area (Å²) in [6.45, 7) is 6.66. The van der Waals surface area contributed by atoms with Crippen molar-refractivity contribution in [1.82, 2.24) is 5.32 Å². The number of amides is 1. The Morgan fingerprint density at radius 1 is 1.29 bits per heavy atom. The van der Waals surface area contributed by atoms with Crippen LogP contribution in [0.25, 0.3) is 0 Å². The Hall–Kier alpha value is -0.530. The van der Waals surface area contributed by atoms with Crippen LogP contribution in [0.1, 0.15) is 52.9 Å². The van der Waals surface area contributed by atoms with Crippen LogP contribution in [0.2, 0.25) is 0 Å². The third-order valence-corrected chi connectivity index (χ3v) is 3.44. The number of rotatable bonds is 3. The molecule has 0 aromatic heterocycles. The Balaban J connectivity index is 2.29. The molecule has 0 heterocycles. The molecule has 0 aromatic rings. The second-order valence-electron chi connectivity index (χ2n) is 4.78. The molecule has 3 unspecified atom stereocenters. The van der Waals surface area contributed by atoms with Gasteiger partial charge in [-0.25, -0.2) is 0 Å². The molecule has 0 aliphatic heterocycles. The summed E-state index contributed by atoms with van der Waals surface area (Å²) in [4.78, 5) is 11.4. The van der Waals surface area contributed by atoms with Crippen LogP contribution < -0.4 is 5.32 Å². The molecule has 0 bridgehead atoms. The minimum atomic E-state index is 0.235. The first kappa shape index (κ1) is 11.5. The van der Waals surface area contributed by atoms with Crippen molar-refractivity contribution in [2.45, 2.75) is 58.9 Å². The maximum absolute atomic E-state index is 11.4. The Bertz CT molecular complexity index is 191. The molecule has 2 nitrogen and oxygen atoms in total. The fourth-order valence-electron chi connectivity index (χ4n) is 2.21. The quantitative estimate of drug-likeness (QED) is 0.740. The largest absolute Gasteiger partial charge is 0.353 e. The van der Waals surface area contributed by atoms with Crippen molar-refractivity contribution in [3.63, 3.8) is 0 Å². The average molecular weight is 197 g/mol. The molecule has 1 fully saturated rings. The second-order valence-corrected chi connectivity index (χ2v) is 4.78. The maximum atomic E-state index is 11.4. The third-order valence-electron chi connectivity index (χ3n) is 3.44. The van der Waals surface area contributed by atoms with Gasteiger partial charge in [0.05, 0.1) is 0 Å². The van der Waals surface area contributed by atoms with Crippen molar-refractivity contribution in [2.75, 3.05) is 0 Å². The van der Waals surface area contributed by atoms with Gasteiger partial charge in [0.25, 0.3) is 0 Å². The van der Waals surface area contributed by atoms with Crippen LogP contribution in [-0.2, 0) is 4.79 Å². The molecule has 1 amide bonds. The summed E-state index contributed by atoms with van der Waals surface area (Å²) in [5.41, 5.74) is 0. The first-order chi connectivity index (χ1) is 6.63. The summed E-state index contributed by atoms with van der Waals surface area (Å²) in [6, 6.07) is 0.445. The average Bonchev–Trinajstić information content (AvgIpc) is 2.12. The fraction of sp³-hybridized carbons (Fsp3) is 0.917. The van der Waals surface area contributed by atoms with Crippen molar-refractivity contribution >= 4 is 5.91 Å². The van der Waals surface area contributed by atoms with E-state index in [2.05, 4.69) is 19.2 Å². The summed E-state index contributed by atoms with van der Waals surface area (Å²) in [5.74, 6) is 1.82.